The molecular weight excluding hydrogens is 599 g/mol. The lowest BCUT2D eigenvalue weighted by atomic mass is 10.1. The molecule has 0 amide bonds. The van der Waals surface area contributed by atoms with Crippen molar-refractivity contribution < 1.29 is 0 Å². The molecule has 0 aliphatic carbocycles. The first kappa shape index (κ1) is 27.1. The Morgan fingerprint density at radius 2 is 0.816 bits per heavy atom. The lowest BCUT2D eigenvalue weighted by molar-refractivity contribution is 1.17. The van der Waals surface area contributed by atoms with Crippen LogP contribution in [0, 0.1) is 22.7 Å². The number of benzene rings is 7. The van der Waals surface area contributed by atoms with Gasteiger partial charge in [0.2, 0.25) is 0 Å². The van der Waals surface area contributed by atoms with E-state index in [-0.39, 0.29) is 0 Å². The summed E-state index contributed by atoms with van der Waals surface area (Å²) in [7, 11) is 0. The van der Waals surface area contributed by atoms with Gasteiger partial charge in [-0.2, -0.15) is 10.5 Å². The molecule has 0 fully saturated rings. The molecule has 0 aliphatic heterocycles. The number of nitrogens with zero attached hydrogens (tertiary/aromatic N) is 5. The van der Waals surface area contributed by atoms with E-state index in [2.05, 4.69) is 135 Å². The summed E-state index contributed by atoms with van der Waals surface area (Å²) in [6.07, 6.45) is 0. The molecule has 49 heavy (non-hydrogen) atoms. The van der Waals surface area contributed by atoms with E-state index >= 15 is 0 Å². The molecule has 0 N–H and O–H groups in total. The summed E-state index contributed by atoms with van der Waals surface area (Å²) in [6.45, 7) is 0. The predicted molar refractivity (Wildman–Crippen MR) is 199 cm³/mol. The van der Waals surface area contributed by atoms with Gasteiger partial charge in [0.05, 0.1) is 56.4 Å². The largest absolute Gasteiger partial charge is 0.309 e. The van der Waals surface area contributed by atoms with Crippen molar-refractivity contribution in [1.82, 2.24) is 13.7 Å². The van der Waals surface area contributed by atoms with Gasteiger partial charge in [-0.15, -0.1) is 0 Å². The molecule has 5 heteroatoms. The number of rotatable bonds is 3. The van der Waals surface area contributed by atoms with E-state index in [4.69, 9.17) is 0 Å². The van der Waals surface area contributed by atoms with Crippen molar-refractivity contribution in [2.75, 3.05) is 0 Å². The van der Waals surface area contributed by atoms with E-state index in [1.54, 1.807) is 0 Å². The molecule has 0 bridgehead atoms. The van der Waals surface area contributed by atoms with Crippen molar-refractivity contribution in [3.63, 3.8) is 0 Å². The highest BCUT2D eigenvalue weighted by atomic mass is 15.0. The highest BCUT2D eigenvalue weighted by Crippen LogP contribution is 2.46. The molecular formula is C44H25N5. The van der Waals surface area contributed by atoms with Crippen LogP contribution in [0.25, 0.3) is 82.5 Å². The van der Waals surface area contributed by atoms with Gasteiger partial charge in [0, 0.05) is 49.4 Å². The number of hydrogen-bond acceptors (Lipinski definition) is 2. The Kier molecular flexibility index (Phi) is 5.64. The Hall–Kier alpha value is -7.08. The fourth-order valence-electron chi connectivity index (χ4n) is 7.87. The van der Waals surface area contributed by atoms with Crippen molar-refractivity contribution >= 4 is 65.4 Å². The van der Waals surface area contributed by atoms with Crippen molar-refractivity contribution in [2.24, 2.45) is 0 Å². The zero-order valence-electron chi connectivity index (χ0n) is 26.2. The number of nitriles is 2. The Balaban J connectivity index is 1.47. The summed E-state index contributed by atoms with van der Waals surface area (Å²) in [6, 6.07) is 57.0. The van der Waals surface area contributed by atoms with Gasteiger partial charge in [-0.1, -0.05) is 72.8 Å². The molecule has 10 rings (SSSR count). The van der Waals surface area contributed by atoms with Crippen molar-refractivity contribution in [2.45, 2.75) is 0 Å². The number of para-hydroxylation sites is 3. The first-order valence-corrected chi connectivity index (χ1v) is 16.2. The fourth-order valence-corrected chi connectivity index (χ4v) is 7.87. The molecule has 0 saturated heterocycles. The van der Waals surface area contributed by atoms with E-state index in [1.165, 1.54) is 10.8 Å². The van der Waals surface area contributed by atoms with Gasteiger partial charge in [0.15, 0.2) is 0 Å². The minimum atomic E-state index is 0.616. The topological polar surface area (TPSA) is 62.4 Å². The van der Waals surface area contributed by atoms with Crippen LogP contribution in [0.15, 0.2) is 152 Å². The van der Waals surface area contributed by atoms with Gasteiger partial charge in [0.25, 0.3) is 0 Å². The monoisotopic (exact) mass is 623 g/mol. The summed E-state index contributed by atoms with van der Waals surface area (Å²) in [5.74, 6) is 0. The zero-order valence-corrected chi connectivity index (χ0v) is 26.2. The Bertz CT molecular complexity index is 3040. The van der Waals surface area contributed by atoms with Gasteiger partial charge in [-0.3, -0.25) is 0 Å². The summed E-state index contributed by atoms with van der Waals surface area (Å²) in [5.41, 5.74) is 10.9. The van der Waals surface area contributed by atoms with Gasteiger partial charge >= 0.3 is 0 Å². The molecule has 7 aromatic carbocycles. The molecule has 0 saturated carbocycles. The van der Waals surface area contributed by atoms with E-state index in [0.717, 1.165) is 71.7 Å². The summed E-state index contributed by atoms with van der Waals surface area (Å²) in [5, 5.41) is 26.4. The van der Waals surface area contributed by atoms with Crippen molar-refractivity contribution in [3.05, 3.63) is 163 Å². The SMILES string of the molecule is N#Cc1ccc(-n2c3c(ccc4c3c3ccccc3n4-c3ccccc3)c3ccc4c(c5ccc(C#N)cc5n4-c4ccccc4)c32)cc1. The van der Waals surface area contributed by atoms with Crippen LogP contribution in [0.5, 0.6) is 0 Å². The molecule has 3 aromatic heterocycles. The molecule has 5 nitrogen and oxygen atoms in total. The van der Waals surface area contributed by atoms with Gasteiger partial charge in [0.1, 0.15) is 0 Å². The quantitative estimate of drug-likeness (QED) is 0.197. The minimum Gasteiger partial charge on any atom is -0.309 e. The third kappa shape index (κ3) is 3.73. The van der Waals surface area contributed by atoms with Crippen LogP contribution in [0.2, 0.25) is 0 Å². The average molecular weight is 624 g/mol. The molecule has 0 atom stereocenters. The third-order valence-electron chi connectivity index (χ3n) is 9.87. The normalized spacial score (nSPS) is 11.6. The van der Waals surface area contributed by atoms with Gasteiger partial charge < -0.3 is 13.7 Å². The maximum absolute atomic E-state index is 9.92. The van der Waals surface area contributed by atoms with Crippen LogP contribution in [-0.4, -0.2) is 13.7 Å². The van der Waals surface area contributed by atoms with Crippen LogP contribution in [0.1, 0.15) is 11.1 Å². The Labute approximate surface area is 280 Å². The van der Waals surface area contributed by atoms with Gasteiger partial charge in [-0.05, 0) is 78.9 Å². The van der Waals surface area contributed by atoms with E-state index < -0.39 is 0 Å². The molecule has 0 spiro atoms. The fraction of sp³-hybridized carbons (Fsp3) is 0. The third-order valence-corrected chi connectivity index (χ3v) is 9.87. The van der Waals surface area contributed by atoms with Crippen LogP contribution in [-0.2, 0) is 0 Å². The highest BCUT2D eigenvalue weighted by molar-refractivity contribution is 6.31. The van der Waals surface area contributed by atoms with Crippen LogP contribution < -0.4 is 0 Å². The maximum Gasteiger partial charge on any atom is 0.0992 e. The van der Waals surface area contributed by atoms with E-state index in [9.17, 15) is 10.5 Å². The highest BCUT2D eigenvalue weighted by Gasteiger charge is 2.24. The smallest absolute Gasteiger partial charge is 0.0992 e. The second kappa shape index (κ2) is 10.2. The molecule has 3 heterocycles. The second-order valence-corrected chi connectivity index (χ2v) is 12.4. The number of fused-ring (bicyclic) bond motifs is 11. The second-order valence-electron chi connectivity index (χ2n) is 12.4. The molecule has 0 aliphatic rings. The van der Waals surface area contributed by atoms with E-state index in [0.29, 0.717) is 11.1 Å². The summed E-state index contributed by atoms with van der Waals surface area (Å²) < 4.78 is 7.01. The molecule has 226 valence electrons. The molecule has 0 radical (unpaired) electrons. The lowest BCUT2D eigenvalue weighted by Gasteiger charge is -2.11. The van der Waals surface area contributed by atoms with Crippen molar-refractivity contribution in [3.8, 4) is 29.2 Å². The first-order valence-electron chi connectivity index (χ1n) is 16.2. The Morgan fingerprint density at radius 1 is 0.347 bits per heavy atom. The summed E-state index contributed by atoms with van der Waals surface area (Å²) in [4.78, 5) is 0. The van der Waals surface area contributed by atoms with Crippen LogP contribution in [0.3, 0.4) is 0 Å². The van der Waals surface area contributed by atoms with Crippen LogP contribution >= 0.6 is 0 Å². The Morgan fingerprint density at radius 3 is 1.41 bits per heavy atom. The average Bonchev–Trinajstić information content (AvgIpc) is 3.80. The van der Waals surface area contributed by atoms with Gasteiger partial charge in [-0.25, -0.2) is 0 Å². The molecule has 10 aromatic rings. The predicted octanol–water partition coefficient (Wildman–Crippen LogP) is 10.7. The first-order chi connectivity index (χ1) is 24.2. The van der Waals surface area contributed by atoms with Crippen molar-refractivity contribution in [1.29, 1.82) is 10.5 Å². The zero-order chi connectivity index (χ0) is 32.6. The lowest BCUT2D eigenvalue weighted by Crippen LogP contribution is -1.96. The maximum atomic E-state index is 9.92. The number of hydrogen-bond donors (Lipinski definition) is 0. The molecule has 0 unspecified atom stereocenters. The standard InChI is InChI=1S/C44H25N5/c45-26-28-15-18-32(19-16-28)49-43-33(21-23-38-41(43)35-13-7-8-14-37(35)47(38)30-9-3-1-4-10-30)34-22-24-39-42(44(34)49)36-20-17-29(27-46)25-40(36)48(39)31-11-5-2-6-12-31/h1-25H. The minimum absolute atomic E-state index is 0.616. The van der Waals surface area contributed by atoms with Crippen LogP contribution in [0.4, 0.5) is 0 Å². The summed E-state index contributed by atoms with van der Waals surface area (Å²) >= 11 is 0. The number of aromatic nitrogens is 3. The van der Waals surface area contributed by atoms with E-state index in [1.807, 2.05) is 42.5 Å².